The highest BCUT2D eigenvalue weighted by atomic mass is 79.9. The highest BCUT2D eigenvalue weighted by molar-refractivity contribution is 9.10. The Hall–Kier alpha value is -1.28. The van der Waals surface area contributed by atoms with Crippen LogP contribution in [0.25, 0.3) is 15.7 Å². The molecule has 3 aromatic rings. The molecule has 0 aliphatic heterocycles. The molecular weight excluding hydrogens is 304 g/mol. The van der Waals surface area contributed by atoms with Crippen LogP contribution in [0.15, 0.2) is 10.7 Å². The van der Waals surface area contributed by atoms with Crippen molar-refractivity contribution in [3.05, 3.63) is 16.5 Å². The van der Waals surface area contributed by atoms with E-state index in [0.29, 0.717) is 5.92 Å². The minimum Gasteiger partial charge on any atom is -0.274 e. The summed E-state index contributed by atoms with van der Waals surface area (Å²) < 4.78 is 2.76. The quantitative estimate of drug-likeness (QED) is 0.787. The molecule has 1 fully saturated rings. The van der Waals surface area contributed by atoms with E-state index in [2.05, 4.69) is 41.4 Å². The smallest absolute Gasteiger partial charge is 0.235 e. The monoisotopic (exact) mass is 310 g/mol. The standard InChI is InChI=1S/C9H7BrN6S/c10-5-3-11-12-6(5)8-15-16-7(4-1-2-4)13-14-9(16)17-8/h3-4H,1-2H2,(H,11,12). The molecule has 0 unspecified atom stereocenters. The molecule has 8 heteroatoms. The Morgan fingerprint density at radius 1 is 1.41 bits per heavy atom. The van der Waals surface area contributed by atoms with Crippen LogP contribution in [0, 0.1) is 0 Å². The first-order valence-corrected chi connectivity index (χ1v) is 6.85. The van der Waals surface area contributed by atoms with Crippen LogP contribution in [0.5, 0.6) is 0 Å². The van der Waals surface area contributed by atoms with Crippen LogP contribution in [0.2, 0.25) is 0 Å². The van der Waals surface area contributed by atoms with E-state index in [0.717, 1.165) is 26.0 Å². The van der Waals surface area contributed by atoms with Crippen molar-refractivity contribution in [1.82, 2.24) is 30.0 Å². The van der Waals surface area contributed by atoms with Gasteiger partial charge in [0.05, 0.1) is 10.7 Å². The van der Waals surface area contributed by atoms with Crippen molar-refractivity contribution >= 4 is 32.2 Å². The third-order valence-electron chi connectivity index (χ3n) is 2.76. The lowest BCUT2D eigenvalue weighted by Gasteiger charge is -1.91. The first-order chi connectivity index (χ1) is 8.33. The Bertz CT molecular complexity index is 693. The molecule has 3 heterocycles. The van der Waals surface area contributed by atoms with Crippen molar-refractivity contribution in [2.45, 2.75) is 18.8 Å². The Morgan fingerprint density at radius 3 is 3.00 bits per heavy atom. The summed E-state index contributed by atoms with van der Waals surface area (Å²) in [6.45, 7) is 0. The molecule has 0 saturated heterocycles. The highest BCUT2D eigenvalue weighted by Crippen LogP contribution is 2.40. The predicted octanol–water partition coefficient (Wildman–Crippen LogP) is 2.22. The molecule has 1 aliphatic carbocycles. The molecular formula is C9H7BrN6S. The number of rotatable bonds is 2. The van der Waals surface area contributed by atoms with E-state index in [1.807, 2.05) is 4.52 Å². The minimum atomic E-state index is 0.546. The molecule has 1 aliphatic rings. The van der Waals surface area contributed by atoms with Gasteiger partial charge in [0.1, 0.15) is 5.69 Å². The maximum absolute atomic E-state index is 4.55. The number of H-pyrrole nitrogens is 1. The van der Waals surface area contributed by atoms with Crippen molar-refractivity contribution in [1.29, 1.82) is 0 Å². The van der Waals surface area contributed by atoms with Gasteiger partial charge in [0, 0.05) is 5.92 Å². The molecule has 0 amide bonds. The fraction of sp³-hybridized carbons (Fsp3) is 0.333. The summed E-state index contributed by atoms with van der Waals surface area (Å²) >= 11 is 4.95. The largest absolute Gasteiger partial charge is 0.274 e. The zero-order chi connectivity index (χ0) is 11.4. The summed E-state index contributed by atoms with van der Waals surface area (Å²) in [5.74, 6) is 1.53. The summed E-state index contributed by atoms with van der Waals surface area (Å²) in [5, 5.41) is 20.7. The van der Waals surface area contributed by atoms with E-state index in [1.165, 1.54) is 24.2 Å². The van der Waals surface area contributed by atoms with Crippen LogP contribution in [0.4, 0.5) is 0 Å². The van der Waals surface area contributed by atoms with Gasteiger partial charge < -0.3 is 0 Å². The number of aromatic nitrogens is 6. The molecule has 6 nitrogen and oxygen atoms in total. The van der Waals surface area contributed by atoms with E-state index in [1.54, 1.807) is 6.20 Å². The third-order valence-corrected chi connectivity index (χ3v) is 4.28. The maximum atomic E-state index is 4.55. The third kappa shape index (κ3) is 1.44. The number of halogens is 1. The van der Waals surface area contributed by atoms with Gasteiger partial charge in [0.25, 0.3) is 0 Å². The fourth-order valence-electron chi connectivity index (χ4n) is 1.75. The second-order valence-electron chi connectivity index (χ2n) is 4.03. The van der Waals surface area contributed by atoms with E-state index >= 15 is 0 Å². The molecule has 3 aromatic heterocycles. The van der Waals surface area contributed by atoms with E-state index in [9.17, 15) is 0 Å². The summed E-state index contributed by atoms with van der Waals surface area (Å²) in [5.41, 5.74) is 0.891. The number of nitrogens with one attached hydrogen (secondary N) is 1. The molecule has 0 spiro atoms. The summed E-state index contributed by atoms with van der Waals surface area (Å²) in [6, 6.07) is 0. The van der Waals surface area contributed by atoms with Gasteiger partial charge in [0.15, 0.2) is 10.8 Å². The molecule has 4 rings (SSSR count). The summed E-state index contributed by atoms with van der Waals surface area (Å²) in [7, 11) is 0. The van der Waals surface area contributed by atoms with Gasteiger partial charge >= 0.3 is 0 Å². The van der Waals surface area contributed by atoms with Crippen molar-refractivity contribution < 1.29 is 0 Å². The molecule has 1 saturated carbocycles. The number of hydrogen-bond donors (Lipinski definition) is 1. The average molecular weight is 311 g/mol. The molecule has 0 bridgehead atoms. The van der Waals surface area contributed by atoms with Crippen molar-refractivity contribution in [3.8, 4) is 10.7 Å². The van der Waals surface area contributed by atoms with Crippen LogP contribution in [-0.4, -0.2) is 30.0 Å². The van der Waals surface area contributed by atoms with Crippen LogP contribution >= 0.6 is 27.3 Å². The topological polar surface area (TPSA) is 71.8 Å². The lowest BCUT2D eigenvalue weighted by atomic mass is 10.4. The second kappa shape index (κ2) is 3.36. The normalized spacial score (nSPS) is 15.8. The zero-order valence-corrected chi connectivity index (χ0v) is 11.0. The Labute approximate surface area is 108 Å². The highest BCUT2D eigenvalue weighted by Gasteiger charge is 2.30. The number of nitrogens with zero attached hydrogens (tertiary/aromatic N) is 5. The van der Waals surface area contributed by atoms with E-state index in [-0.39, 0.29) is 0 Å². The lowest BCUT2D eigenvalue weighted by Crippen LogP contribution is -1.93. The fourth-order valence-corrected chi connectivity index (χ4v) is 3.12. The Morgan fingerprint density at radius 2 is 2.29 bits per heavy atom. The molecule has 0 radical (unpaired) electrons. The first-order valence-electron chi connectivity index (χ1n) is 5.24. The van der Waals surface area contributed by atoms with Gasteiger partial charge in [-0.25, -0.2) is 0 Å². The molecule has 86 valence electrons. The summed E-state index contributed by atoms with van der Waals surface area (Å²) in [4.78, 5) is 0.836. The van der Waals surface area contributed by atoms with Crippen molar-refractivity contribution in [3.63, 3.8) is 0 Å². The number of aromatic amines is 1. The van der Waals surface area contributed by atoms with Gasteiger partial charge in [-0.15, -0.1) is 10.2 Å². The van der Waals surface area contributed by atoms with Crippen LogP contribution in [-0.2, 0) is 0 Å². The first kappa shape index (κ1) is 9.72. The molecule has 0 aromatic carbocycles. The van der Waals surface area contributed by atoms with Gasteiger partial charge in [-0.3, -0.25) is 5.10 Å². The minimum absolute atomic E-state index is 0.546. The number of fused-ring (bicyclic) bond motifs is 1. The van der Waals surface area contributed by atoms with Crippen molar-refractivity contribution in [2.24, 2.45) is 0 Å². The predicted molar refractivity (Wildman–Crippen MR) is 65.9 cm³/mol. The van der Waals surface area contributed by atoms with Gasteiger partial charge in [0.2, 0.25) is 4.96 Å². The molecule has 0 atom stereocenters. The van der Waals surface area contributed by atoms with Gasteiger partial charge in [-0.05, 0) is 28.8 Å². The zero-order valence-electron chi connectivity index (χ0n) is 8.59. The second-order valence-corrected chi connectivity index (χ2v) is 5.84. The van der Waals surface area contributed by atoms with E-state index in [4.69, 9.17) is 0 Å². The number of hydrogen-bond acceptors (Lipinski definition) is 5. The van der Waals surface area contributed by atoms with Crippen LogP contribution in [0.1, 0.15) is 24.6 Å². The van der Waals surface area contributed by atoms with Crippen molar-refractivity contribution in [2.75, 3.05) is 0 Å². The molecule has 1 N–H and O–H groups in total. The average Bonchev–Trinajstić information content (AvgIpc) is 2.75. The Balaban J connectivity index is 1.90. The maximum Gasteiger partial charge on any atom is 0.235 e. The van der Waals surface area contributed by atoms with Crippen LogP contribution in [0.3, 0.4) is 0 Å². The van der Waals surface area contributed by atoms with Gasteiger partial charge in [-0.1, -0.05) is 11.3 Å². The summed E-state index contributed by atoms with van der Waals surface area (Å²) in [6.07, 6.45) is 4.11. The van der Waals surface area contributed by atoms with Gasteiger partial charge in [-0.2, -0.15) is 14.7 Å². The SMILES string of the molecule is Brc1cn[nH]c1-c1nn2c(C3CC3)nnc2s1. The Kier molecular flexibility index (Phi) is 1.92. The van der Waals surface area contributed by atoms with E-state index < -0.39 is 0 Å². The van der Waals surface area contributed by atoms with Crippen LogP contribution < -0.4 is 0 Å². The lowest BCUT2D eigenvalue weighted by molar-refractivity contribution is 0.827. The molecule has 17 heavy (non-hydrogen) atoms.